The van der Waals surface area contributed by atoms with Crippen LogP contribution in [-0.4, -0.2) is 15.5 Å². The summed E-state index contributed by atoms with van der Waals surface area (Å²) in [5.41, 5.74) is 0.230. The van der Waals surface area contributed by atoms with Gasteiger partial charge in [-0.2, -0.15) is 26.3 Å². The molecule has 0 aliphatic heterocycles. The van der Waals surface area contributed by atoms with Crippen LogP contribution in [-0.2, 0) is 17.1 Å². The quantitative estimate of drug-likeness (QED) is 0.203. The highest BCUT2D eigenvalue weighted by Gasteiger charge is 2.37. The Kier molecular flexibility index (Phi) is 9.56. The van der Waals surface area contributed by atoms with Crippen LogP contribution in [0.4, 0.5) is 32.0 Å². The summed E-state index contributed by atoms with van der Waals surface area (Å²) in [7, 11) is 0. The predicted molar refractivity (Wildman–Crippen MR) is 148 cm³/mol. The van der Waals surface area contributed by atoms with E-state index >= 15 is 0 Å². The Labute approximate surface area is 235 Å². The molecule has 220 valence electrons. The maximum absolute atomic E-state index is 13.3. The van der Waals surface area contributed by atoms with Gasteiger partial charge >= 0.3 is 12.4 Å². The number of carbonyl (C=O) groups excluding carboxylic acids is 1. The van der Waals surface area contributed by atoms with Gasteiger partial charge in [0.25, 0.3) is 0 Å². The van der Waals surface area contributed by atoms with Crippen molar-refractivity contribution in [1.29, 1.82) is 0 Å². The third kappa shape index (κ3) is 8.34. The van der Waals surface area contributed by atoms with Crippen molar-refractivity contribution in [2.24, 2.45) is 5.41 Å². The highest BCUT2D eigenvalue weighted by atomic mass is 19.4. The molecule has 10 heteroatoms. The Morgan fingerprint density at radius 1 is 1.07 bits per heavy atom. The first-order valence-corrected chi connectivity index (χ1v) is 13.0. The molecule has 0 bridgehead atoms. The Balaban J connectivity index is 1.73. The van der Waals surface area contributed by atoms with Crippen LogP contribution in [0.15, 0.2) is 95.7 Å². The van der Waals surface area contributed by atoms with Crippen molar-refractivity contribution < 1.29 is 31.1 Å². The van der Waals surface area contributed by atoms with Crippen LogP contribution in [0, 0.1) is 5.41 Å². The third-order valence-corrected chi connectivity index (χ3v) is 7.08. The van der Waals surface area contributed by atoms with Gasteiger partial charge in [-0.1, -0.05) is 49.8 Å². The lowest BCUT2D eigenvalue weighted by Gasteiger charge is -2.37. The molecule has 1 N–H and O–H groups in total. The van der Waals surface area contributed by atoms with E-state index < -0.39 is 35.1 Å². The Morgan fingerprint density at radius 2 is 1.78 bits per heavy atom. The van der Waals surface area contributed by atoms with Gasteiger partial charge in [0.05, 0.1) is 29.2 Å². The van der Waals surface area contributed by atoms with Crippen molar-refractivity contribution in [3.63, 3.8) is 0 Å². The average Bonchev–Trinajstić information content (AvgIpc) is 3.37. The van der Waals surface area contributed by atoms with Gasteiger partial charge < -0.3 is 9.88 Å². The van der Waals surface area contributed by atoms with Gasteiger partial charge in [-0.05, 0) is 73.9 Å². The zero-order valence-electron chi connectivity index (χ0n) is 23.5. The summed E-state index contributed by atoms with van der Waals surface area (Å²) in [6, 6.07) is 1.16. The topological polar surface area (TPSA) is 46.9 Å². The fourth-order valence-electron chi connectivity index (χ4n) is 4.86. The van der Waals surface area contributed by atoms with Crippen molar-refractivity contribution in [2.75, 3.05) is 5.32 Å². The van der Waals surface area contributed by atoms with Crippen LogP contribution in [0.1, 0.15) is 64.6 Å². The minimum atomic E-state index is -4.94. The number of anilines is 1. The second-order valence-corrected chi connectivity index (χ2v) is 10.8. The highest BCUT2D eigenvalue weighted by molar-refractivity contribution is 6.00. The summed E-state index contributed by atoms with van der Waals surface area (Å²) in [6.45, 7) is 10.0. The first-order valence-electron chi connectivity index (χ1n) is 13.0. The van der Waals surface area contributed by atoms with Crippen LogP contribution < -0.4 is 5.32 Å². The lowest BCUT2D eigenvalue weighted by molar-refractivity contribution is -0.140. The van der Waals surface area contributed by atoms with E-state index in [1.54, 1.807) is 25.3 Å². The molecule has 2 aromatic rings. The number of imidazole rings is 1. The smallest absolute Gasteiger partial charge is 0.330 e. The Hall–Kier alpha value is -3.82. The molecule has 0 spiro atoms. The zero-order chi connectivity index (χ0) is 30.6. The monoisotopic (exact) mass is 577 g/mol. The molecule has 0 saturated heterocycles. The first-order chi connectivity index (χ1) is 19.0. The minimum absolute atomic E-state index is 0.00602. The molecule has 41 heavy (non-hydrogen) atoms. The van der Waals surface area contributed by atoms with Gasteiger partial charge in [0.1, 0.15) is 0 Å². The number of allylic oxidation sites excluding steroid dienone is 9. The normalized spacial score (nSPS) is 19.0. The van der Waals surface area contributed by atoms with Crippen molar-refractivity contribution in [3.05, 3.63) is 107 Å². The average molecular weight is 578 g/mol. The summed E-state index contributed by atoms with van der Waals surface area (Å²) in [4.78, 5) is 16.5. The van der Waals surface area contributed by atoms with E-state index in [0.717, 1.165) is 24.5 Å². The van der Waals surface area contributed by atoms with E-state index in [1.165, 1.54) is 11.1 Å². The number of benzene rings is 1. The summed E-state index contributed by atoms with van der Waals surface area (Å²) >= 11 is 0. The van der Waals surface area contributed by atoms with E-state index in [4.69, 9.17) is 0 Å². The van der Waals surface area contributed by atoms with Crippen molar-refractivity contribution in [3.8, 4) is 0 Å². The van der Waals surface area contributed by atoms with E-state index in [9.17, 15) is 31.1 Å². The molecule has 0 radical (unpaired) electrons. The molecule has 0 saturated carbocycles. The summed E-state index contributed by atoms with van der Waals surface area (Å²) in [5, 5.41) is 1.94. The molecule has 1 unspecified atom stereocenters. The summed E-state index contributed by atoms with van der Waals surface area (Å²) in [5.74, 6) is -0.980. The van der Waals surface area contributed by atoms with Gasteiger partial charge in [0.2, 0.25) is 5.91 Å². The summed E-state index contributed by atoms with van der Waals surface area (Å²) < 4.78 is 81.0. The highest BCUT2D eigenvalue weighted by Crippen LogP contribution is 2.45. The molecular weight excluding hydrogens is 544 g/mol. The Morgan fingerprint density at radius 3 is 2.39 bits per heavy atom. The fraction of sp³-hybridized carbons (Fsp3) is 0.355. The number of amides is 1. The fourth-order valence-corrected chi connectivity index (χ4v) is 4.86. The number of aromatic nitrogens is 2. The molecule has 3 rings (SSSR count). The summed E-state index contributed by atoms with van der Waals surface area (Å²) in [6.07, 6.45) is 8.02. The largest absolute Gasteiger partial charge is 0.418 e. The molecule has 1 heterocycles. The van der Waals surface area contributed by atoms with Gasteiger partial charge in [0.15, 0.2) is 0 Å². The molecule has 0 fully saturated rings. The lowest BCUT2D eigenvalue weighted by atomic mass is 9.71. The number of halogens is 6. The first kappa shape index (κ1) is 31.7. The number of nitrogens with zero attached hydrogens (tertiary/aromatic N) is 2. The van der Waals surface area contributed by atoms with Gasteiger partial charge in [-0.15, -0.1) is 0 Å². The van der Waals surface area contributed by atoms with E-state index in [2.05, 4.69) is 36.4 Å². The van der Waals surface area contributed by atoms with Gasteiger partial charge in [-0.25, -0.2) is 4.98 Å². The molecule has 1 aromatic carbocycles. The molecule has 1 aliphatic rings. The molecule has 1 amide bonds. The van der Waals surface area contributed by atoms with Crippen molar-refractivity contribution in [2.45, 2.75) is 65.9 Å². The molecule has 1 atom stereocenters. The van der Waals surface area contributed by atoms with Crippen LogP contribution in [0.3, 0.4) is 0 Å². The van der Waals surface area contributed by atoms with Crippen molar-refractivity contribution >= 4 is 11.6 Å². The number of hydrogen-bond acceptors (Lipinski definition) is 2. The SMILES string of the molecule is CC1=C(/C=C/C(C)=C/C=C/C(C)=C/C(=O)Nc2cc(C(F)(F)F)ccc2C(F)(F)F)C(C)(C)CCC1n1ccnc1. The maximum Gasteiger partial charge on any atom is 0.418 e. The van der Waals surface area contributed by atoms with E-state index in [0.29, 0.717) is 17.7 Å². The molecule has 4 nitrogen and oxygen atoms in total. The standard InChI is InChI=1S/C31H33F6N3O/c1-20(9-11-24-22(3)27(13-14-29(24,4)5)40-16-15-38-19-40)7-6-8-21(2)17-28(41)39-26-18-23(30(32,33)34)10-12-25(26)31(35,36)37/h6-12,15-19,27H,13-14H2,1-5H3,(H,39,41)/b8-6+,11-9+,20-7+,21-17+. The predicted octanol–water partition coefficient (Wildman–Crippen LogP) is 9.24. The number of hydrogen-bond donors (Lipinski definition) is 1. The van der Waals surface area contributed by atoms with Crippen LogP contribution in [0.5, 0.6) is 0 Å². The number of rotatable bonds is 7. The second-order valence-electron chi connectivity index (χ2n) is 10.8. The van der Waals surface area contributed by atoms with Crippen LogP contribution in [0.25, 0.3) is 0 Å². The minimum Gasteiger partial charge on any atom is -0.330 e. The molecule has 1 aromatic heterocycles. The molecule has 1 aliphatic carbocycles. The lowest BCUT2D eigenvalue weighted by Crippen LogP contribution is -2.25. The van der Waals surface area contributed by atoms with E-state index in [1.807, 2.05) is 36.9 Å². The van der Waals surface area contributed by atoms with Gasteiger partial charge in [0, 0.05) is 18.5 Å². The van der Waals surface area contributed by atoms with Gasteiger partial charge in [-0.3, -0.25) is 4.79 Å². The number of alkyl halides is 6. The third-order valence-electron chi connectivity index (χ3n) is 7.08. The zero-order valence-corrected chi connectivity index (χ0v) is 23.5. The Bertz CT molecular complexity index is 1400. The number of carbonyl (C=O) groups is 1. The second kappa shape index (κ2) is 12.4. The van der Waals surface area contributed by atoms with E-state index in [-0.39, 0.29) is 17.5 Å². The van der Waals surface area contributed by atoms with Crippen LogP contribution >= 0.6 is 0 Å². The van der Waals surface area contributed by atoms with Crippen molar-refractivity contribution in [1.82, 2.24) is 9.55 Å². The number of nitrogens with one attached hydrogen (secondary N) is 1. The maximum atomic E-state index is 13.3. The molecular formula is C31H33F6N3O. The van der Waals surface area contributed by atoms with Crippen LogP contribution in [0.2, 0.25) is 0 Å².